The topological polar surface area (TPSA) is 82.8 Å². The van der Waals surface area contributed by atoms with Crippen LogP contribution in [-0.4, -0.2) is 32.2 Å². The first-order chi connectivity index (χ1) is 14.6. The summed E-state index contributed by atoms with van der Waals surface area (Å²) in [6, 6.07) is 17.8. The predicted octanol–water partition coefficient (Wildman–Crippen LogP) is 4.77. The van der Waals surface area contributed by atoms with Gasteiger partial charge in [-0.3, -0.25) is 4.79 Å². The van der Waals surface area contributed by atoms with Crippen molar-refractivity contribution in [2.24, 2.45) is 0 Å². The number of amides is 1. The summed E-state index contributed by atoms with van der Waals surface area (Å²) in [5.74, 6) is 1.90. The van der Waals surface area contributed by atoms with Gasteiger partial charge in [-0.05, 0) is 42.5 Å². The normalized spacial score (nSPS) is 10.6. The Morgan fingerprint density at radius 2 is 1.67 bits per heavy atom. The lowest BCUT2D eigenvalue weighted by Gasteiger charge is -2.11. The van der Waals surface area contributed by atoms with Gasteiger partial charge in [0.1, 0.15) is 22.8 Å². The van der Waals surface area contributed by atoms with E-state index in [4.69, 9.17) is 18.6 Å². The lowest BCUT2D eigenvalue weighted by atomic mass is 10.1. The van der Waals surface area contributed by atoms with Crippen LogP contribution in [0.1, 0.15) is 10.4 Å². The van der Waals surface area contributed by atoms with Gasteiger partial charge in [-0.2, -0.15) is 0 Å². The number of oxazole rings is 1. The van der Waals surface area contributed by atoms with Gasteiger partial charge in [0.25, 0.3) is 5.91 Å². The zero-order chi connectivity index (χ0) is 21.1. The third-order valence-corrected chi connectivity index (χ3v) is 4.62. The van der Waals surface area contributed by atoms with Crippen molar-refractivity contribution in [3.63, 3.8) is 0 Å². The van der Waals surface area contributed by atoms with E-state index in [2.05, 4.69) is 10.3 Å². The zero-order valence-electron chi connectivity index (χ0n) is 16.8. The Hall–Kier alpha value is -4.00. The number of ether oxygens (including phenoxy) is 3. The maximum absolute atomic E-state index is 12.8. The van der Waals surface area contributed by atoms with Crippen molar-refractivity contribution in [1.82, 2.24) is 4.98 Å². The van der Waals surface area contributed by atoms with Crippen LogP contribution in [0, 0.1) is 0 Å². The maximum Gasteiger partial charge on any atom is 0.259 e. The average molecular weight is 404 g/mol. The van der Waals surface area contributed by atoms with Crippen LogP contribution in [0.25, 0.3) is 22.6 Å². The molecular formula is C23H20N2O5. The number of hydrogen-bond acceptors (Lipinski definition) is 6. The van der Waals surface area contributed by atoms with Gasteiger partial charge in [-0.25, -0.2) is 4.98 Å². The van der Waals surface area contributed by atoms with Gasteiger partial charge in [0, 0.05) is 23.4 Å². The quantitative estimate of drug-likeness (QED) is 0.498. The van der Waals surface area contributed by atoms with Crippen molar-refractivity contribution >= 4 is 22.7 Å². The highest BCUT2D eigenvalue weighted by atomic mass is 16.5. The molecule has 1 aromatic heterocycles. The van der Waals surface area contributed by atoms with Crippen molar-refractivity contribution in [1.29, 1.82) is 0 Å². The van der Waals surface area contributed by atoms with E-state index in [9.17, 15) is 4.79 Å². The van der Waals surface area contributed by atoms with Crippen LogP contribution in [0.5, 0.6) is 17.2 Å². The minimum atomic E-state index is -0.297. The summed E-state index contributed by atoms with van der Waals surface area (Å²) in [4.78, 5) is 17.3. The van der Waals surface area contributed by atoms with Crippen LogP contribution in [0.2, 0.25) is 0 Å². The summed E-state index contributed by atoms with van der Waals surface area (Å²) >= 11 is 0. The molecule has 0 bridgehead atoms. The summed E-state index contributed by atoms with van der Waals surface area (Å²) in [5.41, 5.74) is 3.10. The number of fused-ring (bicyclic) bond motifs is 1. The van der Waals surface area contributed by atoms with E-state index in [1.165, 1.54) is 7.11 Å². The molecule has 4 aromatic rings. The number of carbonyl (C=O) groups is 1. The highest BCUT2D eigenvalue weighted by molar-refractivity contribution is 6.06. The SMILES string of the molecule is COc1ccc(C(=O)Nc2cccc(-c3nc4cc(OC)ccc4o3)c2)c(OC)c1. The Kier molecular flexibility index (Phi) is 5.26. The number of benzene rings is 3. The fraction of sp³-hybridized carbons (Fsp3) is 0.130. The largest absolute Gasteiger partial charge is 0.497 e. The lowest BCUT2D eigenvalue weighted by molar-refractivity contribution is 0.102. The van der Waals surface area contributed by atoms with Crippen molar-refractivity contribution in [3.8, 4) is 28.7 Å². The highest BCUT2D eigenvalue weighted by Crippen LogP contribution is 2.29. The second kappa shape index (κ2) is 8.16. The second-order valence-corrected chi connectivity index (χ2v) is 6.45. The van der Waals surface area contributed by atoms with Gasteiger partial charge in [0.05, 0.1) is 26.9 Å². The molecule has 0 saturated carbocycles. The number of rotatable bonds is 6. The molecule has 4 rings (SSSR count). The third kappa shape index (κ3) is 3.77. The fourth-order valence-corrected chi connectivity index (χ4v) is 3.07. The van der Waals surface area contributed by atoms with Crippen LogP contribution in [0.4, 0.5) is 5.69 Å². The molecule has 152 valence electrons. The van der Waals surface area contributed by atoms with Gasteiger partial charge in [0.2, 0.25) is 5.89 Å². The van der Waals surface area contributed by atoms with E-state index >= 15 is 0 Å². The molecule has 0 spiro atoms. The fourth-order valence-electron chi connectivity index (χ4n) is 3.07. The number of methoxy groups -OCH3 is 3. The Labute approximate surface area is 173 Å². The van der Waals surface area contributed by atoms with E-state index in [1.807, 2.05) is 30.3 Å². The molecule has 1 N–H and O–H groups in total. The number of nitrogens with zero attached hydrogens (tertiary/aromatic N) is 1. The molecule has 0 radical (unpaired) electrons. The van der Waals surface area contributed by atoms with Crippen molar-refractivity contribution in [3.05, 3.63) is 66.2 Å². The summed E-state index contributed by atoms with van der Waals surface area (Å²) in [5, 5.41) is 2.88. The molecule has 0 atom stereocenters. The van der Waals surface area contributed by atoms with Gasteiger partial charge >= 0.3 is 0 Å². The molecule has 0 aliphatic heterocycles. The molecule has 0 fully saturated rings. The third-order valence-electron chi connectivity index (χ3n) is 4.62. The Balaban J connectivity index is 1.60. The number of carbonyl (C=O) groups excluding carboxylic acids is 1. The number of nitrogens with one attached hydrogen (secondary N) is 1. The predicted molar refractivity (Wildman–Crippen MR) is 113 cm³/mol. The van der Waals surface area contributed by atoms with Gasteiger partial charge in [0.15, 0.2) is 5.58 Å². The molecule has 0 aliphatic rings. The molecular weight excluding hydrogens is 384 g/mol. The second-order valence-electron chi connectivity index (χ2n) is 6.45. The van der Waals surface area contributed by atoms with Crippen LogP contribution in [0.15, 0.2) is 65.1 Å². The van der Waals surface area contributed by atoms with E-state index in [1.54, 1.807) is 44.6 Å². The maximum atomic E-state index is 12.8. The summed E-state index contributed by atoms with van der Waals surface area (Å²) < 4.78 is 21.6. The summed E-state index contributed by atoms with van der Waals surface area (Å²) in [7, 11) is 4.67. The Morgan fingerprint density at radius 1 is 0.900 bits per heavy atom. The zero-order valence-corrected chi connectivity index (χ0v) is 16.8. The molecule has 1 heterocycles. The van der Waals surface area contributed by atoms with Crippen LogP contribution in [0.3, 0.4) is 0 Å². The molecule has 7 nitrogen and oxygen atoms in total. The van der Waals surface area contributed by atoms with Crippen molar-refractivity contribution < 1.29 is 23.4 Å². The standard InChI is InChI=1S/C23H20N2O5/c1-27-16-8-10-20-19(12-16)25-23(30-20)14-5-4-6-15(11-14)24-22(26)18-9-7-17(28-2)13-21(18)29-3/h4-13H,1-3H3,(H,24,26). The van der Waals surface area contributed by atoms with E-state index < -0.39 is 0 Å². The minimum absolute atomic E-state index is 0.297. The van der Waals surface area contributed by atoms with E-state index in [0.29, 0.717) is 45.5 Å². The minimum Gasteiger partial charge on any atom is -0.497 e. The highest BCUT2D eigenvalue weighted by Gasteiger charge is 2.15. The molecule has 0 saturated heterocycles. The average Bonchev–Trinajstić information content (AvgIpc) is 3.22. The van der Waals surface area contributed by atoms with Gasteiger partial charge < -0.3 is 23.9 Å². The Bertz CT molecular complexity index is 1220. The smallest absolute Gasteiger partial charge is 0.259 e. The van der Waals surface area contributed by atoms with E-state index in [-0.39, 0.29) is 5.91 Å². The number of aromatic nitrogens is 1. The van der Waals surface area contributed by atoms with Gasteiger partial charge in [-0.15, -0.1) is 0 Å². The Morgan fingerprint density at radius 3 is 2.43 bits per heavy atom. The first kappa shape index (κ1) is 19.3. The first-order valence-electron chi connectivity index (χ1n) is 9.19. The molecule has 30 heavy (non-hydrogen) atoms. The molecule has 7 heteroatoms. The van der Waals surface area contributed by atoms with Crippen LogP contribution >= 0.6 is 0 Å². The van der Waals surface area contributed by atoms with E-state index in [0.717, 1.165) is 5.56 Å². The first-order valence-corrected chi connectivity index (χ1v) is 9.19. The lowest BCUT2D eigenvalue weighted by Crippen LogP contribution is -2.13. The number of anilines is 1. The van der Waals surface area contributed by atoms with Crippen LogP contribution < -0.4 is 19.5 Å². The number of hydrogen-bond donors (Lipinski definition) is 1. The van der Waals surface area contributed by atoms with Gasteiger partial charge in [-0.1, -0.05) is 6.07 Å². The molecule has 0 aliphatic carbocycles. The summed E-state index contributed by atoms with van der Waals surface area (Å²) in [6.45, 7) is 0. The molecule has 0 unspecified atom stereocenters. The van der Waals surface area contributed by atoms with Crippen molar-refractivity contribution in [2.75, 3.05) is 26.6 Å². The van der Waals surface area contributed by atoms with Crippen molar-refractivity contribution in [2.45, 2.75) is 0 Å². The molecule has 1 amide bonds. The molecule has 3 aromatic carbocycles. The summed E-state index contributed by atoms with van der Waals surface area (Å²) in [6.07, 6.45) is 0. The monoisotopic (exact) mass is 404 g/mol. The van der Waals surface area contributed by atoms with Crippen LogP contribution in [-0.2, 0) is 0 Å².